The minimum absolute atomic E-state index is 0.0231. The Kier molecular flexibility index (Phi) is 5.90. The number of hydrogen-bond acceptors (Lipinski definition) is 5. The van der Waals surface area contributed by atoms with Crippen molar-refractivity contribution in [2.24, 2.45) is 0 Å². The van der Waals surface area contributed by atoms with Gasteiger partial charge in [-0.05, 0) is 50.6 Å². The van der Waals surface area contributed by atoms with Gasteiger partial charge in [-0.25, -0.2) is 14.4 Å². The zero-order chi connectivity index (χ0) is 20.5. The number of rotatable bonds is 4. The number of nitrogens with one attached hydrogen (secondary N) is 1. The first-order valence-electron chi connectivity index (χ1n) is 8.52. The second kappa shape index (κ2) is 8.05. The van der Waals surface area contributed by atoms with Crippen molar-refractivity contribution in [3.8, 4) is 22.4 Å². The molecule has 0 aliphatic carbocycles. The number of anilines is 1. The molecule has 28 heavy (non-hydrogen) atoms. The van der Waals surface area contributed by atoms with E-state index in [2.05, 4.69) is 14.7 Å². The van der Waals surface area contributed by atoms with Gasteiger partial charge in [0.2, 0.25) is 0 Å². The van der Waals surface area contributed by atoms with Gasteiger partial charge in [-0.15, -0.1) is 4.72 Å². The number of hydrogen-bond donors (Lipinski definition) is 2. The first-order chi connectivity index (χ1) is 13.2. The smallest absolute Gasteiger partial charge is 0.181 e. The summed E-state index contributed by atoms with van der Waals surface area (Å²) in [5.74, 6) is -0.401. The van der Waals surface area contributed by atoms with Crippen molar-refractivity contribution in [1.82, 2.24) is 14.7 Å². The Morgan fingerprint density at radius 2 is 1.86 bits per heavy atom. The van der Waals surface area contributed by atoms with E-state index in [9.17, 15) is 8.94 Å². The minimum Gasteiger partial charge on any atom is -0.593 e. The van der Waals surface area contributed by atoms with Crippen LogP contribution in [-0.4, -0.2) is 20.1 Å². The summed E-state index contributed by atoms with van der Waals surface area (Å²) >= 11 is 4.45. The van der Waals surface area contributed by atoms with Gasteiger partial charge in [0.25, 0.3) is 0 Å². The van der Waals surface area contributed by atoms with Crippen LogP contribution in [0.4, 0.5) is 10.2 Å². The van der Waals surface area contributed by atoms with E-state index in [-0.39, 0.29) is 27.8 Å². The Bertz CT molecular complexity index is 1010. The van der Waals surface area contributed by atoms with Crippen molar-refractivity contribution in [3.05, 3.63) is 59.6 Å². The van der Waals surface area contributed by atoms with Gasteiger partial charge in [0.15, 0.2) is 15.9 Å². The highest BCUT2D eigenvalue weighted by molar-refractivity contribution is 7.89. The average molecular weight is 419 g/mol. The molecule has 1 heterocycles. The third kappa shape index (κ3) is 4.62. The number of nitrogens with two attached hydrogens (primary N) is 1. The third-order valence-corrected chi connectivity index (χ3v) is 5.63. The summed E-state index contributed by atoms with van der Waals surface area (Å²) in [6.07, 6.45) is 1.37. The van der Waals surface area contributed by atoms with Crippen LogP contribution in [-0.2, 0) is 11.4 Å². The fraction of sp³-hybridized carbons (Fsp3) is 0.200. The highest BCUT2D eigenvalue weighted by Crippen LogP contribution is 2.32. The molecule has 3 rings (SSSR count). The molecule has 0 aliphatic heterocycles. The molecule has 146 valence electrons. The summed E-state index contributed by atoms with van der Waals surface area (Å²) in [6, 6.07) is 11.9. The van der Waals surface area contributed by atoms with E-state index in [1.807, 2.05) is 32.9 Å². The van der Waals surface area contributed by atoms with Crippen LogP contribution < -0.4 is 10.5 Å². The van der Waals surface area contributed by atoms with Crippen molar-refractivity contribution in [2.75, 3.05) is 5.73 Å². The highest BCUT2D eigenvalue weighted by Gasteiger charge is 2.24. The molecule has 5 nitrogen and oxygen atoms in total. The lowest BCUT2D eigenvalue weighted by Crippen LogP contribution is -2.40. The third-order valence-electron chi connectivity index (χ3n) is 3.80. The van der Waals surface area contributed by atoms with E-state index in [1.54, 1.807) is 24.3 Å². The molecule has 0 bridgehead atoms. The molecule has 0 amide bonds. The van der Waals surface area contributed by atoms with E-state index < -0.39 is 17.2 Å². The van der Waals surface area contributed by atoms with Gasteiger partial charge < -0.3 is 10.3 Å². The summed E-state index contributed by atoms with van der Waals surface area (Å²) in [5.41, 5.74) is 7.06. The normalized spacial score (nSPS) is 12.8. The summed E-state index contributed by atoms with van der Waals surface area (Å²) in [7, 11) is 0. The maximum Gasteiger partial charge on any atom is 0.181 e. The van der Waals surface area contributed by atoms with Gasteiger partial charge in [-0.2, -0.15) is 0 Å². The van der Waals surface area contributed by atoms with E-state index in [4.69, 9.17) is 17.3 Å². The van der Waals surface area contributed by atoms with Crippen molar-refractivity contribution >= 4 is 28.8 Å². The molecule has 2 aromatic carbocycles. The number of benzene rings is 2. The first-order valence-corrected chi connectivity index (χ1v) is 10.1. The lowest BCUT2D eigenvalue weighted by atomic mass is 10.0. The van der Waals surface area contributed by atoms with Gasteiger partial charge in [0.1, 0.15) is 5.82 Å². The number of nitrogens with zero attached hydrogens (tertiary/aromatic N) is 2. The fourth-order valence-electron chi connectivity index (χ4n) is 2.60. The average Bonchev–Trinajstić information content (AvgIpc) is 2.62. The Morgan fingerprint density at radius 1 is 1.14 bits per heavy atom. The molecular formula is C20H20ClFN4OS. The predicted octanol–water partition coefficient (Wildman–Crippen LogP) is 4.60. The molecule has 0 aliphatic rings. The number of halogens is 2. The SMILES string of the molecule is CC(C)(C)N[S+]([O-])c1ccccc1-c1ccc(-c2cnc(N)c(Cl)n2)c(F)c1. The van der Waals surface area contributed by atoms with E-state index in [0.717, 1.165) is 0 Å². The van der Waals surface area contributed by atoms with Crippen LogP contribution in [0.25, 0.3) is 22.4 Å². The summed E-state index contributed by atoms with van der Waals surface area (Å²) < 4.78 is 30.6. The zero-order valence-electron chi connectivity index (χ0n) is 15.7. The zero-order valence-corrected chi connectivity index (χ0v) is 17.2. The van der Waals surface area contributed by atoms with E-state index in [1.165, 1.54) is 12.3 Å². The van der Waals surface area contributed by atoms with Crippen molar-refractivity contribution in [3.63, 3.8) is 0 Å². The van der Waals surface area contributed by atoms with E-state index >= 15 is 0 Å². The summed E-state index contributed by atoms with van der Waals surface area (Å²) in [6.45, 7) is 5.79. The van der Waals surface area contributed by atoms with Crippen LogP contribution in [0.2, 0.25) is 5.15 Å². The van der Waals surface area contributed by atoms with Crippen LogP contribution in [0.5, 0.6) is 0 Å². The van der Waals surface area contributed by atoms with Crippen LogP contribution >= 0.6 is 11.6 Å². The molecule has 0 saturated heterocycles. The van der Waals surface area contributed by atoms with Crippen LogP contribution in [0.15, 0.2) is 53.6 Å². The Balaban J connectivity index is 2.00. The van der Waals surface area contributed by atoms with Gasteiger partial charge in [0.05, 0.1) is 28.8 Å². The molecule has 0 radical (unpaired) electrons. The standard InChI is InChI=1S/C20H20ClFN4OS/c1-20(2,3)26-28(27)17-7-5-4-6-13(17)12-8-9-14(15(22)10-12)16-11-24-19(23)18(21)25-16/h4-11,26H,1-3H3,(H2,23,24). The molecular weight excluding hydrogens is 399 g/mol. The van der Waals surface area contributed by atoms with Crippen molar-refractivity contribution in [2.45, 2.75) is 31.2 Å². The molecule has 1 atom stereocenters. The molecule has 3 N–H and O–H groups in total. The summed E-state index contributed by atoms with van der Waals surface area (Å²) in [5, 5.41) is 0.0231. The maximum absolute atomic E-state index is 14.8. The molecule has 0 spiro atoms. The van der Waals surface area contributed by atoms with Crippen LogP contribution in [0.3, 0.4) is 0 Å². The largest absolute Gasteiger partial charge is 0.593 e. The second-order valence-electron chi connectivity index (χ2n) is 7.24. The van der Waals surface area contributed by atoms with Crippen LogP contribution in [0.1, 0.15) is 20.8 Å². The molecule has 3 aromatic rings. The van der Waals surface area contributed by atoms with Crippen molar-refractivity contribution in [1.29, 1.82) is 0 Å². The first kappa shape index (κ1) is 20.5. The molecule has 1 aromatic heterocycles. The van der Waals surface area contributed by atoms with Gasteiger partial charge in [0, 0.05) is 11.1 Å². The quantitative estimate of drug-likeness (QED) is 0.605. The topological polar surface area (TPSA) is 86.9 Å². The molecule has 8 heteroatoms. The Morgan fingerprint density at radius 3 is 2.50 bits per heavy atom. The number of aromatic nitrogens is 2. The molecule has 0 saturated carbocycles. The lowest BCUT2D eigenvalue weighted by molar-refractivity contribution is 0.491. The lowest BCUT2D eigenvalue weighted by Gasteiger charge is -2.23. The van der Waals surface area contributed by atoms with Crippen molar-refractivity contribution < 1.29 is 8.94 Å². The van der Waals surface area contributed by atoms with Crippen LogP contribution in [0, 0.1) is 5.82 Å². The van der Waals surface area contributed by atoms with Gasteiger partial charge >= 0.3 is 0 Å². The fourth-order valence-corrected chi connectivity index (χ4v) is 3.99. The summed E-state index contributed by atoms with van der Waals surface area (Å²) in [4.78, 5) is 8.57. The highest BCUT2D eigenvalue weighted by atomic mass is 35.5. The Hall–Kier alpha value is -2.19. The Labute approximate surface area is 171 Å². The number of nitrogen functional groups attached to an aromatic ring is 1. The van der Waals surface area contributed by atoms with E-state index in [0.29, 0.717) is 16.0 Å². The van der Waals surface area contributed by atoms with Gasteiger partial charge in [-0.3, -0.25) is 0 Å². The monoisotopic (exact) mass is 418 g/mol. The molecule has 1 unspecified atom stereocenters. The second-order valence-corrected chi connectivity index (χ2v) is 8.78. The maximum atomic E-state index is 14.8. The predicted molar refractivity (Wildman–Crippen MR) is 112 cm³/mol. The minimum atomic E-state index is -1.44. The van der Waals surface area contributed by atoms with Gasteiger partial charge in [-0.1, -0.05) is 29.8 Å². The molecule has 0 fully saturated rings.